The van der Waals surface area contributed by atoms with E-state index in [2.05, 4.69) is 15.2 Å². The third-order valence-corrected chi connectivity index (χ3v) is 4.31. The van der Waals surface area contributed by atoms with Crippen LogP contribution in [0.1, 0.15) is 34.5 Å². The minimum atomic E-state index is -0.306. The van der Waals surface area contributed by atoms with Crippen molar-refractivity contribution >= 4 is 11.8 Å². The summed E-state index contributed by atoms with van der Waals surface area (Å²) in [5, 5.41) is 3.61. The first kappa shape index (κ1) is 13.4. The van der Waals surface area contributed by atoms with Gasteiger partial charge in [-0.3, -0.25) is 0 Å². The summed E-state index contributed by atoms with van der Waals surface area (Å²) in [5.41, 5.74) is 2.28. The van der Waals surface area contributed by atoms with E-state index in [1.54, 1.807) is 0 Å². The predicted molar refractivity (Wildman–Crippen MR) is 77.2 cm³/mol. The van der Waals surface area contributed by atoms with Gasteiger partial charge in [-0.05, 0) is 38.3 Å². The number of ether oxygens (including phenoxy) is 1. The Balaban J connectivity index is 1.90. The number of carbonyl (C=O) groups is 1. The molecule has 0 saturated carbocycles. The second-order valence-electron chi connectivity index (χ2n) is 5.79. The fraction of sp³-hybridized carbons (Fsp3) is 0.600. The number of piperazine rings is 1. The molecule has 1 N–H and O–H groups in total. The number of nitrogens with zero attached hydrogens (tertiary/aromatic N) is 2. The lowest BCUT2D eigenvalue weighted by atomic mass is 10.1. The third-order valence-electron chi connectivity index (χ3n) is 4.31. The Bertz CT molecular complexity index is 509. The molecule has 2 atom stereocenters. The Morgan fingerprint density at radius 1 is 1.35 bits per heavy atom. The van der Waals surface area contributed by atoms with Crippen molar-refractivity contribution in [1.29, 1.82) is 0 Å². The van der Waals surface area contributed by atoms with Crippen LogP contribution >= 0.6 is 0 Å². The quantitative estimate of drug-likeness (QED) is 0.827. The Kier molecular flexibility index (Phi) is 3.38. The van der Waals surface area contributed by atoms with Crippen LogP contribution in [0.3, 0.4) is 0 Å². The molecule has 0 radical (unpaired) electrons. The van der Waals surface area contributed by atoms with E-state index in [-0.39, 0.29) is 5.97 Å². The van der Waals surface area contributed by atoms with Gasteiger partial charge in [0, 0.05) is 25.2 Å². The van der Waals surface area contributed by atoms with Gasteiger partial charge in [-0.1, -0.05) is 0 Å². The van der Waals surface area contributed by atoms with Crippen molar-refractivity contribution in [3.63, 3.8) is 0 Å². The second kappa shape index (κ2) is 5.05. The maximum atomic E-state index is 11.8. The Hall–Kier alpha value is -1.62. The number of nitrogens with one attached hydrogen (secondary N) is 1. The highest BCUT2D eigenvalue weighted by Crippen LogP contribution is 2.26. The first-order chi connectivity index (χ1) is 9.58. The summed E-state index contributed by atoms with van der Waals surface area (Å²) >= 11 is 0. The zero-order valence-electron chi connectivity index (χ0n) is 12.3. The smallest absolute Gasteiger partial charge is 0.339 e. The number of methoxy groups -OCH3 is 1. The van der Waals surface area contributed by atoms with Gasteiger partial charge in [0.15, 0.2) is 0 Å². The zero-order valence-corrected chi connectivity index (χ0v) is 12.3. The Labute approximate surface area is 119 Å². The molecule has 5 heteroatoms. The van der Waals surface area contributed by atoms with E-state index in [0.29, 0.717) is 17.6 Å². The molecule has 1 aromatic heterocycles. The highest BCUT2D eigenvalue weighted by Gasteiger charge is 2.33. The predicted octanol–water partition coefficient (Wildman–Crippen LogP) is 1.43. The SMILES string of the molecule is COC(=O)c1c(C)cc(N2CC3CCC(C2)N3)nc1C. The summed E-state index contributed by atoms with van der Waals surface area (Å²) in [7, 11) is 1.41. The molecule has 2 unspecified atom stereocenters. The number of esters is 1. The van der Waals surface area contributed by atoms with Crippen LogP contribution in [0.25, 0.3) is 0 Å². The molecule has 20 heavy (non-hydrogen) atoms. The van der Waals surface area contributed by atoms with Gasteiger partial charge in [0.05, 0.1) is 18.4 Å². The number of rotatable bonds is 2. The van der Waals surface area contributed by atoms with E-state index in [1.807, 2.05) is 19.9 Å². The van der Waals surface area contributed by atoms with E-state index in [1.165, 1.54) is 20.0 Å². The van der Waals surface area contributed by atoms with Crippen LogP contribution in [0.15, 0.2) is 6.07 Å². The number of hydrogen-bond acceptors (Lipinski definition) is 5. The van der Waals surface area contributed by atoms with E-state index >= 15 is 0 Å². The molecule has 0 aromatic carbocycles. The van der Waals surface area contributed by atoms with Crippen molar-refractivity contribution < 1.29 is 9.53 Å². The average molecular weight is 275 g/mol. The largest absolute Gasteiger partial charge is 0.465 e. The summed E-state index contributed by atoms with van der Waals surface area (Å²) in [4.78, 5) is 18.7. The molecule has 2 aliphatic heterocycles. The van der Waals surface area contributed by atoms with Crippen LogP contribution < -0.4 is 10.2 Å². The van der Waals surface area contributed by atoms with Crippen molar-refractivity contribution in [1.82, 2.24) is 10.3 Å². The number of hydrogen-bond donors (Lipinski definition) is 1. The topological polar surface area (TPSA) is 54.5 Å². The van der Waals surface area contributed by atoms with Gasteiger partial charge < -0.3 is 15.0 Å². The lowest BCUT2D eigenvalue weighted by molar-refractivity contribution is 0.0598. The molecule has 108 valence electrons. The number of aryl methyl sites for hydroxylation is 2. The molecule has 0 amide bonds. The fourth-order valence-electron chi connectivity index (χ4n) is 3.37. The second-order valence-corrected chi connectivity index (χ2v) is 5.79. The molecular weight excluding hydrogens is 254 g/mol. The van der Waals surface area contributed by atoms with Crippen molar-refractivity contribution in [3.8, 4) is 0 Å². The Morgan fingerprint density at radius 2 is 2.00 bits per heavy atom. The lowest BCUT2D eigenvalue weighted by Gasteiger charge is -2.34. The molecule has 0 aliphatic carbocycles. The van der Waals surface area contributed by atoms with Crippen molar-refractivity contribution in [2.24, 2.45) is 0 Å². The summed E-state index contributed by atoms with van der Waals surface area (Å²) in [6.45, 7) is 5.82. The fourth-order valence-corrected chi connectivity index (χ4v) is 3.37. The van der Waals surface area contributed by atoms with Crippen molar-refractivity contribution in [2.45, 2.75) is 38.8 Å². The molecule has 3 rings (SSSR count). The number of aromatic nitrogens is 1. The molecule has 0 spiro atoms. The molecule has 2 bridgehead atoms. The van der Waals surface area contributed by atoms with Crippen molar-refractivity contribution in [2.75, 3.05) is 25.1 Å². The number of carbonyl (C=O) groups excluding carboxylic acids is 1. The monoisotopic (exact) mass is 275 g/mol. The maximum Gasteiger partial charge on any atom is 0.339 e. The van der Waals surface area contributed by atoms with E-state index in [4.69, 9.17) is 4.74 Å². The summed E-state index contributed by atoms with van der Waals surface area (Å²) < 4.78 is 4.82. The average Bonchev–Trinajstić information content (AvgIpc) is 2.76. The number of pyridine rings is 1. The molecule has 2 fully saturated rings. The van der Waals surface area contributed by atoms with E-state index in [0.717, 1.165) is 30.2 Å². The third kappa shape index (κ3) is 2.26. The highest BCUT2D eigenvalue weighted by molar-refractivity contribution is 5.92. The number of anilines is 1. The van der Waals surface area contributed by atoms with Gasteiger partial charge in [-0.15, -0.1) is 0 Å². The van der Waals surface area contributed by atoms with Gasteiger partial charge >= 0.3 is 5.97 Å². The summed E-state index contributed by atoms with van der Waals surface area (Å²) in [5.74, 6) is 0.672. The van der Waals surface area contributed by atoms with Gasteiger partial charge in [-0.2, -0.15) is 0 Å². The maximum absolute atomic E-state index is 11.8. The van der Waals surface area contributed by atoms with Crippen LogP contribution in [0.2, 0.25) is 0 Å². The number of fused-ring (bicyclic) bond motifs is 2. The minimum Gasteiger partial charge on any atom is -0.465 e. The first-order valence-corrected chi connectivity index (χ1v) is 7.16. The van der Waals surface area contributed by atoms with E-state index < -0.39 is 0 Å². The Morgan fingerprint density at radius 3 is 2.55 bits per heavy atom. The molecule has 5 nitrogen and oxygen atoms in total. The summed E-state index contributed by atoms with van der Waals surface area (Å²) in [6, 6.07) is 3.16. The zero-order chi connectivity index (χ0) is 14.3. The molecule has 2 saturated heterocycles. The van der Waals surface area contributed by atoms with Crippen LogP contribution in [-0.2, 0) is 4.74 Å². The van der Waals surface area contributed by atoms with Gasteiger partial charge in [-0.25, -0.2) is 9.78 Å². The van der Waals surface area contributed by atoms with Gasteiger partial charge in [0.2, 0.25) is 0 Å². The lowest BCUT2D eigenvalue weighted by Crippen LogP contribution is -2.51. The van der Waals surface area contributed by atoms with Gasteiger partial charge in [0.25, 0.3) is 0 Å². The highest BCUT2D eigenvalue weighted by atomic mass is 16.5. The first-order valence-electron chi connectivity index (χ1n) is 7.16. The molecule has 1 aromatic rings. The van der Waals surface area contributed by atoms with E-state index in [9.17, 15) is 4.79 Å². The van der Waals surface area contributed by atoms with Crippen LogP contribution in [-0.4, -0.2) is 43.2 Å². The van der Waals surface area contributed by atoms with Crippen LogP contribution in [0.5, 0.6) is 0 Å². The van der Waals surface area contributed by atoms with Crippen LogP contribution in [0, 0.1) is 13.8 Å². The standard InChI is InChI=1S/C15H21N3O2/c1-9-6-13(16-10(2)14(9)15(19)20-3)18-7-11-4-5-12(8-18)17-11/h6,11-12,17H,4-5,7-8H2,1-3H3. The summed E-state index contributed by atoms with van der Waals surface area (Å²) in [6.07, 6.45) is 2.50. The minimum absolute atomic E-state index is 0.306. The molecule has 2 aliphatic rings. The molecule has 3 heterocycles. The molecular formula is C15H21N3O2. The normalized spacial score (nSPS) is 24.9. The van der Waals surface area contributed by atoms with Gasteiger partial charge in [0.1, 0.15) is 5.82 Å². The van der Waals surface area contributed by atoms with Crippen molar-refractivity contribution in [3.05, 3.63) is 22.9 Å². The van der Waals surface area contributed by atoms with Crippen LogP contribution in [0.4, 0.5) is 5.82 Å².